The van der Waals surface area contributed by atoms with Gasteiger partial charge in [0.25, 0.3) is 0 Å². The van der Waals surface area contributed by atoms with Gasteiger partial charge in [-0.05, 0) is 17.2 Å². The Morgan fingerprint density at radius 1 is 0.821 bits per heavy atom. The molecule has 2 unspecified atom stereocenters. The maximum atomic E-state index is 10.7. The predicted octanol–water partition coefficient (Wildman–Crippen LogP) is 4.10. The number of rotatable bonds is 10. The molecule has 0 radical (unpaired) electrons. The fourth-order valence-corrected chi connectivity index (χ4v) is 3.04. The van der Waals surface area contributed by atoms with Crippen molar-refractivity contribution in [2.45, 2.75) is 25.4 Å². The van der Waals surface area contributed by atoms with Gasteiger partial charge in [-0.2, -0.15) is 0 Å². The van der Waals surface area contributed by atoms with Crippen LogP contribution in [-0.2, 0) is 17.8 Å². The average Bonchev–Trinajstić information content (AvgIpc) is 2.76. The van der Waals surface area contributed by atoms with Gasteiger partial charge >= 0.3 is 0 Å². The van der Waals surface area contributed by atoms with Crippen LogP contribution in [0.5, 0.6) is 5.75 Å². The van der Waals surface area contributed by atoms with Gasteiger partial charge < -0.3 is 14.6 Å². The van der Waals surface area contributed by atoms with Crippen LogP contribution in [-0.4, -0.2) is 25.0 Å². The Morgan fingerprint density at radius 3 is 2.11 bits per heavy atom. The Kier molecular flexibility index (Phi) is 7.62. The quantitative estimate of drug-likeness (QED) is 0.522. The third-order valence-corrected chi connectivity index (χ3v) is 4.60. The summed E-state index contributed by atoms with van der Waals surface area (Å²) in [4.78, 5) is 0. The Bertz CT molecular complexity index is 824. The normalized spacial score (nSPS) is 13.1. The predicted molar refractivity (Wildman–Crippen MR) is 111 cm³/mol. The number of benzene rings is 3. The zero-order valence-corrected chi connectivity index (χ0v) is 16.1. The van der Waals surface area contributed by atoms with Gasteiger partial charge in [-0.3, -0.25) is 5.32 Å². The number of hydrogen-bond acceptors (Lipinski definition) is 4. The highest BCUT2D eigenvalue weighted by Crippen LogP contribution is 2.25. The average molecular weight is 377 g/mol. The molecule has 3 aromatic carbocycles. The standard InChI is InChI=1S/C24H27NO3/c1-27-24(16-19-10-4-2-5-11-19)25-17-22(26)21-14-8-9-15-23(21)28-18-20-12-6-3-7-13-20/h2-15,22,24-26H,16-18H2,1H3. The number of ether oxygens (including phenoxy) is 2. The molecular weight excluding hydrogens is 350 g/mol. The molecule has 0 aliphatic rings. The lowest BCUT2D eigenvalue weighted by atomic mass is 10.1. The molecule has 0 saturated heterocycles. The van der Waals surface area contributed by atoms with Gasteiger partial charge in [0, 0.05) is 25.6 Å². The van der Waals surface area contributed by atoms with E-state index in [0.717, 1.165) is 17.5 Å². The van der Waals surface area contributed by atoms with Crippen molar-refractivity contribution in [3.05, 3.63) is 102 Å². The molecule has 4 nitrogen and oxygen atoms in total. The van der Waals surface area contributed by atoms with Crippen LogP contribution in [0, 0.1) is 0 Å². The third kappa shape index (κ3) is 5.92. The summed E-state index contributed by atoms with van der Waals surface area (Å²) in [6.45, 7) is 0.837. The van der Waals surface area contributed by atoms with Crippen molar-refractivity contribution in [1.29, 1.82) is 0 Å². The summed E-state index contributed by atoms with van der Waals surface area (Å²) in [7, 11) is 1.67. The molecule has 0 aliphatic carbocycles. The smallest absolute Gasteiger partial charge is 0.125 e. The van der Waals surface area contributed by atoms with Crippen molar-refractivity contribution in [3.63, 3.8) is 0 Å². The highest BCUT2D eigenvalue weighted by molar-refractivity contribution is 5.35. The monoisotopic (exact) mass is 377 g/mol. The number of para-hydroxylation sites is 1. The maximum Gasteiger partial charge on any atom is 0.125 e. The number of nitrogens with one attached hydrogen (secondary N) is 1. The van der Waals surface area contributed by atoms with E-state index >= 15 is 0 Å². The summed E-state index contributed by atoms with van der Waals surface area (Å²) in [5.74, 6) is 0.692. The van der Waals surface area contributed by atoms with Gasteiger partial charge in [-0.1, -0.05) is 78.9 Å². The van der Waals surface area contributed by atoms with Crippen LogP contribution in [0.15, 0.2) is 84.9 Å². The topological polar surface area (TPSA) is 50.7 Å². The van der Waals surface area contributed by atoms with E-state index in [9.17, 15) is 5.11 Å². The zero-order chi connectivity index (χ0) is 19.6. The van der Waals surface area contributed by atoms with Crippen LogP contribution in [0.4, 0.5) is 0 Å². The van der Waals surface area contributed by atoms with Crippen LogP contribution >= 0.6 is 0 Å². The van der Waals surface area contributed by atoms with Gasteiger partial charge in [0.1, 0.15) is 18.6 Å². The lowest BCUT2D eigenvalue weighted by Crippen LogP contribution is -2.36. The summed E-state index contributed by atoms with van der Waals surface area (Å²) in [5.41, 5.74) is 3.04. The van der Waals surface area contributed by atoms with Crippen LogP contribution in [0.1, 0.15) is 22.8 Å². The van der Waals surface area contributed by atoms with E-state index in [2.05, 4.69) is 17.4 Å². The zero-order valence-electron chi connectivity index (χ0n) is 16.1. The van der Waals surface area contributed by atoms with Crippen molar-refractivity contribution in [2.75, 3.05) is 13.7 Å². The molecule has 28 heavy (non-hydrogen) atoms. The van der Waals surface area contributed by atoms with Crippen LogP contribution in [0.25, 0.3) is 0 Å². The van der Waals surface area contributed by atoms with E-state index in [1.807, 2.05) is 72.8 Å². The van der Waals surface area contributed by atoms with Gasteiger partial charge in [0.2, 0.25) is 0 Å². The minimum atomic E-state index is -0.694. The summed E-state index contributed by atoms with van der Waals surface area (Å²) in [5, 5.41) is 14.0. The fraction of sp³-hybridized carbons (Fsp3) is 0.250. The highest BCUT2D eigenvalue weighted by atomic mass is 16.5. The van der Waals surface area contributed by atoms with Gasteiger partial charge in [-0.25, -0.2) is 0 Å². The first kappa shape index (κ1) is 20.1. The van der Waals surface area contributed by atoms with E-state index in [1.54, 1.807) is 7.11 Å². The Hall–Kier alpha value is -2.66. The van der Waals surface area contributed by atoms with Crippen LogP contribution < -0.4 is 10.1 Å². The minimum absolute atomic E-state index is 0.172. The summed E-state index contributed by atoms with van der Waals surface area (Å²) >= 11 is 0. The van der Waals surface area contributed by atoms with Crippen molar-refractivity contribution in [3.8, 4) is 5.75 Å². The van der Waals surface area contributed by atoms with Gasteiger partial charge in [0.05, 0.1) is 6.10 Å². The highest BCUT2D eigenvalue weighted by Gasteiger charge is 2.16. The molecule has 2 N–H and O–H groups in total. The van der Waals surface area contributed by atoms with E-state index in [1.165, 1.54) is 5.56 Å². The molecule has 0 saturated carbocycles. The first-order valence-corrected chi connectivity index (χ1v) is 9.50. The first-order chi connectivity index (χ1) is 13.8. The number of aliphatic hydroxyl groups is 1. The molecule has 0 bridgehead atoms. The summed E-state index contributed by atoms with van der Waals surface area (Å²) in [6.07, 6.45) is -0.134. The molecule has 3 rings (SSSR count). The molecule has 0 spiro atoms. The minimum Gasteiger partial charge on any atom is -0.489 e. The summed E-state index contributed by atoms with van der Waals surface area (Å²) < 4.78 is 11.5. The largest absolute Gasteiger partial charge is 0.489 e. The van der Waals surface area contributed by atoms with Crippen molar-refractivity contribution in [2.24, 2.45) is 0 Å². The molecule has 0 fully saturated rings. The van der Waals surface area contributed by atoms with Gasteiger partial charge in [0.15, 0.2) is 0 Å². The van der Waals surface area contributed by atoms with E-state index in [-0.39, 0.29) is 6.23 Å². The summed E-state index contributed by atoms with van der Waals surface area (Å²) in [6, 6.07) is 27.8. The molecular formula is C24H27NO3. The molecule has 146 valence electrons. The molecule has 0 aliphatic heterocycles. The van der Waals surface area contributed by atoms with Crippen molar-refractivity contribution in [1.82, 2.24) is 5.32 Å². The number of aliphatic hydroxyl groups excluding tert-OH is 1. The second-order valence-electron chi connectivity index (χ2n) is 6.65. The Labute approximate surface area is 166 Å². The lowest BCUT2D eigenvalue weighted by Gasteiger charge is -2.21. The molecule has 0 amide bonds. The second kappa shape index (κ2) is 10.6. The van der Waals surface area contributed by atoms with Gasteiger partial charge in [-0.15, -0.1) is 0 Å². The third-order valence-electron chi connectivity index (χ3n) is 4.60. The Morgan fingerprint density at radius 2 is 1.43 bits per heavy atom. The number of methoxy groups -OCH3 is 1. The fourth-order valence-electron chi connectivity index (χ4n) is 3.04. The van der Waals surface area contributed by atoms with Crippen molar-refractivity contribution >= 4 is 0 Å². The number of hydrogen-bond donors (Lipinski definition) is 2. The molecule has 3 aromatic rings. The molecule has 0 heterocycles. The molecule has 2 atom stereocenters. The Balaban J connectivity index is 1.58. The first-order valence-electron chi connectivity index (χ1n) is 9.50. The SMILES string of the molecule is COC(Cc1ccccc1)NCC(O)c1ccccc1OCc1ccccc1. The van der Waals surface area contributed by atoms with E-state index in [4.69, 9.17) is 9.47 Å². The van der Waals surface area contributed by atoms with E-state index in [0.29, 0.717) is 18.9 Å². The van der Waals surface area contributed by atoms with E-state index < -0.39 is 6.10 Å². The molecule has 0 aromatic heterocycles. The van der Waals surface area contributed by atoms with Crippen molar-refractivity contribution < 1.29 is 14.6 Å². The van der Waals surface area contributed by atoms with Crippen LogP contribution in [0.3, 0.4) is 0 Å². The molecule has 4 heteroatoms. The van der Waals surface area contributed by atoms with Crippen LogP contribution in [0.2, 0.25) is 0 Å². The second-order valence-corrected chi connectivity index (χ2v) is 6.65. The lowest BCUT2D eigenvalue weighted by molar-refractivity contribution is 0.0572. The maximum absolute atomic E-state index is 10.7.